The summed E-state index contributed by atoms with van der Waals surface area (Å²) in [7, 11) is 0. The molecule has 0 saturated heterocycles. The number of fused-ring (bicyclic) bond motifs is 1. The van der Waals surface area contributed by atoms with E-state index in [-0.39, 0.29) is 0 Å². The van der Waals surface area contributed by atoms with Crippen molar-refractivity contribution in [2.75, 3.05) is 0 Å². The summed E-state index contributed by atoms with van der Waals surface area (Å²) in [5.74, 6) is 1.83. The Bertz CT molecular complexity index is 2690. The smallest absolute Gasteiger partial charge is 0.167 e. The van der Waals surface area contributed by atoms with E-state index in [1.165, 1.54) is 26.9 Å². The molecule has 4 heteroatoms. The molecule has 10 aromatic rings. The van der Waals surface area contributed by atoms with Crippen LogP contribution in [0.4, 0.5) is 0 Å². The maximum atomic E-state index is 6.73. The zero-order valence-corrected chi connectivity index (χ0v) is 24.0. The van der Waals surface area contributed by atoms with Crippen molar-refractivity contribution in [3.63, 3.8) is 0 Å². The van der Waals surface area contributed by atoms with Crippen LogP contribution in [0.15, 0.2) is 144 Å². The topological polar surface area (TPSA) is 51.8 Å². The average molecular weight is 574 g/mol. The Balaban J connectivity index is 1.28. The van der Waals surface area contributed by atoms with Crippen molar-refractivity contribution in [1.82, 2.24) is 15.0 Å². The number of aromatic nitrogens is 3. The molecule has 0 radical (unpaired) electrons. The molecular weight excluding hydrogens is 550 g/mol. The highest BCUT2D eigenvalue weighted by atomic mass is 16.3. The van der Waals surface area contributed by atoms with Gasteiger partial charge in [0.25, 0.3) is 0 Å². The molecule has 2 aromatic heterocycles. The first-order chi connectivity index (χ1) is 22.3. The van der Waals surface area contributed by atoms with Gasteiger partial charge in [0, 0.05) is 27.3 Å². The lowest BCUT2D eigenvalue weighted by Gasteiger charge is -2.14. The van der Waals surface area contributed by atoms with Gasteiger partial charge in [0.05, 0.1) is 5.56 Å². The van der Waals surface area contributed by atoms with Gasteiger partial charge in [-0.15, -0.1) is 0 Å². The molecule has 0 N–H and O–H groups in total. The molecule has 2 heterocycles. The Morgan fingerprint density at radius 2 is 1.00 bits per heavy atom. The highest BCUT2D eigenvalue weighted by Gasteiger charge is 2.24. The third-order valence-corrected chi connectivity index (χ3v) is 9.01. The number of benzene rings is 8. The third-order valence-electron chi connectivity index (χ3n) is 9.01. The van der Waals surface area contributed by atoms with Crippen molar-refractivity contribution in [1.29, 1.82) is 0 Å². The SMILES string of the molecule is c1ccc(-c2cccc(-c3nc(-c4ccccc4)nc(-c4cc5ccc6cccc7c8cccc9oc4c(c98)c5c67)n3)c2)cc1. The van der Waals surface area contributed by atoms with Crippen molar-refractivity contribution in [2.24, 2.45) is 0 Å². The second-order valence-electron chi connectivity index (χ2n) is 11.6. The Kier molecular flexibility index (Phi) is 4.96. The van der Waals surface area contributed by atoms with Crippen LogP contribution in [-0.4, -0.2) is 15.0 Å². The minimum Gasteiger partial charge on any atom is -0.455 e. The summed E-state index contributed by atoms with van der Waals surface area (Å²) in [6, 6.07) is 48.4. The zero-order chi connectivity index (χ0) is 29.5. The minimum absolute atomic E-state index is 0.588. The first kappa shape index (κ1) is 24.3. The highest BCUT2D eigenvalue weighted by molar-refractivity contribution is 6.40. The first-order valence-corrected chi connectivity index (χ1v) is 15.1. The van der Waals surface area contributed by atoms with E-state index in [9.17, 15) is 0 Å². The second kappa shape index (κ2) is 9.18. The molecule has 10 rings (SSSR count). The highest BCUT2D eigenvalue weighted by Crippen LogP contribution is 2.48. The van der Waals surface area contributed by atoms with Gasteiger partial charge in [-0.05, 0) is 56.3 Å². The van der Waals surface area contributed by atoms with E-state index < -0.39 is 0 Å². The molecular formula is C41H23N3O. The number of furan rings is 1. The summed E-state index contributed by atoms with van der Waals surface area (Å²) in [6.45, 7) is 0. The monoisotopic (exact) mass is 573 g/mol. The molecule has 0 atom stereocenters. The summed E-state index contributed by atoms with van der Waals surface area (Å²) >= 11 is 0. The Hall–Kier alpha value is -6.13. The van der Waals surface area contributed by atoms with Crippen LogP contribution in [0.1, 0.15) is 0 Å². The standard InChI is InChI=1S/C41H23N3O/c1-3-10-24(11-4-1)27-15-7-16-29(22-27)40-42-39(26-12-5-2-6-13-26)43-41(44-40)32-23-28-21-20-25-14-8-17-30-31-18-9-19-33-36(31)37(38(32)45-33)35(28)34(25)30/h1-23H. The van der Waals surface area contributed by atoms with E-state index in [4.69, 9.17) is 19.4 Å². The Labute approximate surface area is 257 Å². The lowest BCUT2D eigenvalue weighted by atomic mass is 9.88. The molecule has 0 aliphatic carbocycles. The molecule has 45 heavy (non-hydrogen) atoms. The molecule has 0 aliphatic heterocycles. The zero-order valence-electron chi connectivity index (χ0n) is 24.0. The fourth-order valence-corrected chi connectivity index (χ4v) is 7.01. The lowest BCUT2D eigenvalue weighted by molar-refractivity contribution is 0.670. The predicted octanol–water partition coefficient (Wildman–Crippen LogP) is 10.8. The Morgan fingerprint density at radius 3 is 1.82 bits per heavy atom. The number of hydrogen-bond donors (Lipinski definition) is 0. The lowest BCUT2D eigenvalue weighted by Crippen LogP contribution is -2.00. The molecule has 208 valence electrons. The van der Waals surface area contributed by atoms with Crippen molar-refractivity contribution < 1.29 is 4.42 Å². The van der Waals surface area contributed by atoms with Crippen LogP contribution in [-0.2, 0) is 0 Å². The summed E-state index contributed by atoms with van der Waals surface area (Å²) in [5, 5.41) is 9.60. The summed E-state index contributed by atoms with van der Waals surface area (Å²) in [5.41, 5.74) is 6.65. The normalized spacial score (nSPS) is 12.0. The molecule has 0 fully saturated rings. The van der Waals surface area contributed by atoms with E-state index in [0.29, 0.717) is 17.5 Å². The van der Waals surface area contributed by atoms with E-state index in [2.05, 4.69) is 103 Å². The van der Waals surface area contributed by atoms with Crippen molar-refractivity contribution >= 4 is 54.3 Å². The van der Waals surface area contributed by atoms with Crippen LogP contribution in [0, 0.1) is 0 Å². The van der Waals surface area contributed by atoms with Crippen LogP contribution >= 0.6 is 0 Å². The van der Waals surface area contributed by atoms with Gasteiger partial charge >= 0.3 is 0 Å². The summed E-state index contributed by atoms with van der Waals surface area (Å²) in [6.07, 6.45) is 0. The molecule has 0 aliphatic rings. The molecule has 8 aromatic carbocycles. The van der Waals surface area contributed by atoms with Gasteiger partial charge in [0.1, 0.15) is 11.2 Å². The Morgan fingerprint density at radius 1 is 0.378 bits per heavy atom. The van der Waals surface area contributed by atoms with E-state index >= 15 is 0 Å². The van der Waals surface area contributed by atoms with Crippen LogP contribution in [0.2, 0.25) is 0 Å². The quantitative estimate of drug-likeness (QED) is 0.155. The van der Waals surface area contributed by atoms with Crippen molar-refractivity contribution in [2.45, 2.75) is 0 Å². The largest absolute Gasteiger partial charge is 0.455 e. The molecule has 0 spiro atoms. The van der Waals surface area contributed by atoms with Gasteiger partial charge in [-0.1, -0.05) is 121 Å². The number of nitrogens with zero attached hydrogens (tertiary/aromatic N) is 3. The average Bonchev–Trinajstić information content (AvgIpc) is 3.51. The van der Waals surface area contributed by atoms with Gasteiger partial charge in [-0.3, -0.25) is 0 Å². The molecule has 0 bridgehead atoms. The summed E-state index contributed by atoms with van der Waals surface area (Å²) in [4.78, 5) is 15.3. The maximum absolute atomic E-state index is 6.73. The fraction of sp³-hybridized carbons (Fsp3) is 0. The summed E-state index contributed by atoms with van der Waals surface area (Å²) < 4.78 is 6.73. The van der Waals surface area contributed by atoms with Gasteiger partial charge in [0.2, 0.25) is 0 Å². The first-order valence-electron chi connectivity index (χ1n) is 15.1. The van der Waals surface area contributed by atoms with Crippen LogP contribution in [0.25, 0.3) is 99.5 Å². The number of hydrogen-bond acceptors (Lipinski definition) is 4. The molecule has 0 amide bonds. The van der Waals surface area contributed by atoms with Gasteiger partial charge in [0.15, 0.2) is 17.5 Å². The van der Waals surface area contributed by atoms with Crippen molar-refractivity contribution in [3.05, 3.63) is 140 Å². The second-order valence-corrected chi connectivity index (χ2v) is 11.6. The van der Waals surface area contributed by atoms with Gasteiger partial charge in [-0.2, -0.15) is 0 Å². The van der Waals surface area contributed by atoms with Crippen LogP contribution in [0.3, 0.4) is 0 Å². The van der Waals surface area contributed by atoms with E-state index in [0.717, 1.165) is 55.1 Å². The molecule has 0 unspecified atom stereocenters. The van der Waals surface area contributed by atoms with E-state index in [1.807, 2.05) is 36.4 Å². The number of rotatable bonds is 4. The van der Waals surface area contributed by atoms with Gasteiger partial charge < -0.3 is 4.42 Å². The van der Waals surface area contributed by atoms with Crippen LogP contribution in [0.5, 0.6) is 0 Å². The fourth-order valence-electron chi connectivity index (χ4n) is 7.01. The van der Waals surface area contributed by atoms with Crippen LogP contribution < -0.4 is 0 Å². The van der Waals surface area contributed by atoms with Gasteiger partial charge in [-0.25, -0.2) is 15.0 Å². The molecule has 4 nitrogen and oxygen atoms in total. The third kappa shape index (κ3) is 3.57. The van der Waals surface area contributed by atoms with E-state index in [1.54, 1.807) is 0 Å². The molecule has 0 saturated carbocycles. The maximum Gasteiger partial charge on any atom is 0.167 e. The van der Waals surface area contributed by atoms with Crippen molar-refractivity contribution in [3.8, 4) is 45.3 Å². The minimum atomic E-state index is 0.588. The predicted molar refractivity (Wildman–Crippen MR) is 184 cm³/mol.